The lowest BCUT2D eigenvalue weighted by Gasteiger charge is -2.09. The zero-order valence-corrected chi connectivity index (χ0v) is 18.1. The van der Waals surface area contributed by atoms with Crippen molar-refractivity contribution in [1.29, 1.82) is 0 Å². The molecule has 0 saturated heterocycles. The lowest BCUT2D eigenvalue weighted by atomic mass is 10.1. The molecular weight excluding hydrogens is 450 g/mol. The van der Waals surface area contributed by atoms with E-state index in [1.54, 1.807) is 13.8 Å². The lowest BCUT2D eigenvalue weighted by molar-refractivity contribution is -0.146. The second-order valence-corrected chi connectivity index (χ2v) is 7.50. The average Bonchev–Trinajstić information content (AvgIpc) is 3.02. The Morgan fingerprint density at radius 2 is 1.88 bits per heavy atom. The molecule has 0 aliphatic heterocycles. The highest BCUT2D eigenvalue weighted by Crippen LogP contribution is 2.32. The first-order valence-corrected chi connectivity index (χ1v) is 9.90. The van der Waals surface area contributed by atoms with Gasteiger partial charge in [-0.25, -0.2) is 4.79 Å². The number of nitrogens with one attached hydrogen (secondary N) is 2. The molecule has 0 aliphatic carbocycles. The first-order chi connectivity index (χ1) is 15.1. The van der Waals surface area contributed by atoms with Gasteiger partial charge in [-0.15, -0.1) is 11.3 Å². The Balaban J connectivity index is 1.85. The van der Waals surface area contributed by atoms with Crippen molar-refractivity contribution in [3.8, 4) is 5.75 Å². The number of carbonyl (C=O) groups is 4. The lowest BCUT2D eigenvalue weighted by Crippen LogP contribution is -2.32. The van der Waals surface area contributed by atoms with E-state index >= 15 is 0 Å². The topological polar surface area (TPSA) is 120 Å². The maximum absolute atomic E-state index is 12.3. The first-order valence-electron chi connectivity index (χ1n) is 9.09. The fraction of sp³-hybridized carbons (Fsp3) is 0.300. The third kappa shape index (κ3) is 6.74. The number of hydrogen-bond donors (Lipinski definition) is 2. The highest BCUT2D eigenvalue weighted by Gasteiger charge is 2.22. The quantitative estimate of drug-likeness (QED) is 0.541. The minimum atomic E-state index is -3.04. The number of benzene rings is 1. The monoisotopic (exact) mass is 470 g/mol. The smallest absolute Gasteiger partial charge is 0.387 e. The van der Waals surface area contributed by atoms with Crippen LogP contribution in [0.2, 0.25) is 0 Å². The summed E-state index contributed by atoms with van der Waals surface area (Å²) in [6.07, 6.45) is 0. The van der Waals surface area contributed by atoms with Crippen molar-refractivity contribution in [1.82, 2.24) is 5.32 Å². The van der Waals surface area contributed by atoms with E-state index in [1.807, 2.05) is 0 Å². The van der Waals surface area contributed by atoms with E-state index < -0.39 is 43.5 Å². The fourth-order valence-electron chi connectivity index (χ4n) is 2.49. The Labute approximate surface area is 185 Å². The highest BCUT2D eigenvalue weighted by atomic mass is 32.1. The number of alkyl halides is 2. The van der Waals surface area contributed by atoms with E-state index in [0.29, 0.717) is 5.56 Å². The third-order valence-electron chi connectivity index (χ3n) is 4.11. The van der Waals surface area contributed by atoms with Gasteiger partial charge in [0.1, 0.15) is 17.3 Å². The van der Waals surface area contributed by atoms with Crippen LogP contribution in [0.5, 0.6) is 5.75 Å². The van der Waals surface area contributed by atoms with Crippen LogP contribution in [0, 0.1) is 13.8 Å². The van der Waals surface area contributed by atoms with E-state index in [0.717, 1.165) is 10.9 Å². The molecule has 1 heterocycles. The predicted molar refractivity (Wildman–Crippen MR) is 110 cm³/mol. The number of ether oxygens (including phenoxy) is 3. The zero-order valence-electron chi connectivity index (χ0n) is 17.3. The minimum Gasteiger partial charge on any atom is -0.465 e. The molecule has 0 fully saturated rings. The van der Waals surface area contributed by atoms with E-state index in [9.17, 15) is 28.0 Å². The SMILES string of the molecule is COC(=O)c1c(NC(=O)COC(=O)CNC(=O)c2cccc(OC(F)F)c2)sc(C)c1C. The van der Waals surface area contributed by atoms with E-state index in [4.69, 9.17) is 9.47 Å². The molecule has 12 heteroatoms. The molecule has 1 aromatic carbocycles. The molecule has 9 nitrogen and oxygen atoms in total. The molecule has 0 bridgehead atoms. The molecule has 32 heavy (non-hydrogen) atoms. The van der Waals surface area contributed by atoms with Crippen LogP contribution in [0.15, 0.2) is 24.3 Å². The predicted octanol–water partition coefficient (Wildman–Crippen LogP) is 2.66. The normalized spacial score (nSPS) is 10.4. The van der Waals surface area contributed by atoms with Crippen molar-refractivity contribution in [2.24, 2.45) is 0 Å². The van der Waals surface area contributed by atoms with Crippen molar-refractivity contribution < 1.29 is 42.2 Å². The number of thiophene rings is 1. The molecule has 2 aromatic rings. The van der Waals surface area contributed by atoms with Gasteiger partial charge in [-0.05, 0) is 37.6 Å². The molecule has 0 unspecified atom stereocenters. The standard InChI is InChI=1S/C20H20F2N2O7S/c1-10-11(2)32-18(16(10)19(28)29-3)24-14(25)9-30-15(26)8-23-17(27)12-5-4-6-13(7-12)31-20(21)22/h4-7,20H,8-9H2,1-3H3,(H,23,27)(H,24,25). The van der Waals surface area contributed by atoms with Crippen LogP contribution < -0.4 is 15.4 Å². The van der Waals surface area contributed by atoms with E-state index in [2.05, 4.69) is 15.4 Å². The van der Waals surface area contributed by atoms with E-state index in [-0.39, 0.29) is 21.9 Å². The Hall–Kier alpha value is -3.54. The third-order valence-corrected chi connectivity index (χ3v) is 5.23. The van der Waals surface area contributed by atoms with Crippen LogP contribution in [-0.2, 0) is 19.1 Å². The molecule has 1 aromatic heterocycles. The summed E-state index contributed by atoms with van der Waals surface area (Å²) in [5.74, 6) is -3.13. The fourth-order valence-corrected chi connectivity index (χ4v) is 3.56. The van der Waals surface area contributed by atoms with Crippen LogP contribution in [0.4, 0.5) is 13.8 Å². The van der Waals surface area contributed by atoms with Crippen LogP contribution in [0.3, 0.4) is 0 Å². The summed E-state index contributed by atoms with van der Waals surface area (Å²) in [5, 5.41) is 5.01. The number of hydrogen-bond acceptors (Lipinski definition) is 8. The first kappa shape index (κ1) is 24.7. The van der Waals surface area contributed by atoms with Gasteiger partial charge in [0.05, 0.1) is 12.7 Å². The summed E-state index contributed by atoms with van der Waals surface area (Å²) in [5.41, 5.74) is 0.882. The Kier molecular flexibility index (Phi) is 8.64. The Morgan fingerprint density at radius 3 is 2.53 bits per heavy atom. The van der Waals surface area contributed by atoms with Crippen LogP contribution in [0.25, 0.3) is 0 Å². The number of rotatable bonds is 9. The van der Waals surface area contributed by atoms with Gasteiger partial charge in [-0.1, -0.05) is 6.07 Å². The molecule has 2 N–H and O–H groups in total. The molecule has 0 spiro atoms. The van der Waals surface area contributed by atoms with Gasteiger partial charge < -0.3 is 24.8 Å². The summed E-state index contributed by atoms with van der Waals surface area (Å²) in [7, 11) is 1.22. The van der Waals surface area contributed by atoms with Crippen LogP contribution in [0.1, 0.15) is 31.2 Å². The zero-order chi connectivity index (χ0) is 23.8. The summed E-state index contributed by atoms with van der Waals surface area (Å²) in [6, 6.07) is 5.02. The van der Waals surface area contributed by atoms with E-state index in [1.165, 1.54) is 36.6 Å². The average molecular weight is 470 g/mol. The molecule has 2 amide bonds. The van der Waals surface area contributed by atoms with Gasteiger partial charge in [0.15, 0.2) is 6.61 Å². The number of aryl methyl sites for hydroxylation is 1. The number of halogens is 2. The minimum absolute atomic E-state index is 0.00697. The molecule has 2 rings (SSSR count). The Bertz CT molecular complexity index is 1020. The molecule has 0 atom stereocenters. The molecular formula is C20H20F2N2O7S. The number of anilines is 1. The molecule has 0 saturated carbocycles. The second kappa shape index (κ2) is 11.2. The summed E-state index contributed by atoms with van der Waals surface area (Å²) >= 11 is 1.18. The van der Waals surface area contributed by atoms with Gasteiger partial charge in [0.25, 0.3) is 11.8 Å². The number of esters is 2. The maximum Gasteiger partial charge on any atom is 0.387 e. The van der Waals surface area contributed by atoms with Crippen LogP contribution >= 0.6 is 11.3 Å². The van der Waals surface area contributed by atoms with Crippen LogP contribution in [-0.4, -0.2) is 50.6 Å². The van der Waals surface area contributed by atoms with Crippen molar-refractivity contribution >= 4 is 40.1 Å². The summed E-state index contributed by atoms with van der Waals surface area (Å²) < 4.78 is 38.2. The van der Waals surface area contributed by atoms with Crippen molar-refractivity contribution in [3.63, 3.8) is 0 Å². The summed E-state index contributed by atoms with van der Waals surface area (Å²) in [6.45, 7) is -0.758. The molecule has 0 radical (unpaired) electrons. The summed E-state index contributed by atoms with van der Waals surface area (Å²) in [4.78, 5) is 48.7. The van der Waals surface area contributed by atoms with Crippen molar-refractivity contribution in [2.45, 2.75) is 20.5 Å². The van der Waals surface area contributed by atoms with Crippen molar-refractivity contribution in [3.05, 3.63) is 45.8 Å². The van der Waals surface area contributed by atoms with Crippen molar-refractivity contribution in [2.75, 3.05) is 25.6 Å². The highest BCUT2D eigenvalue weighted by molar-refractivity contribution is 7.16. The number of amides is 2. The molecule has 172 valence electrons. The Morgan fingerprint density at radius 1 is 1.16 bits per heavy atom. The second-order valence-electron chi connectivity index (χ2n) is 6.28. The van der Waals surface area contributed by atoms with Gasteiger partial charge in [-0.2, -0.15) is 8.78 Å². The van der Waals surface area contributed by atoms with Gasteiger partial charge in [-0.3, -0.25) is 14.4 Å². The maximum atomic E-state index is 12.3. The number of methoxy groups -OCH3 is 1. The van der Waals surface area contributed by atoms with Gasteiger partial charge in [0, 0.05) is 10.4 Å². The molecule has 0 aliphatic rings. The van der Waals surface area contributed by atoms with Gasteiger partial charge >= 0.3 is 18.6 Å². The van der Waals surface area contributed by atoms with Gasteiger partial charge in [0.2, 0.25) is 0 Å². The number of carbonyl (C=O) groups excluding carboxylic acids is 4. The largest absolute Gasteiger partial charge is 0.465 e.